The molecule has 2 N–H and O–H groups in total. The molecular weight excluding hydrogens is 224 g/mol. The first-order chi connectivity index (χ1) is 8.04. The molecule has 0 amide bonds. The van der Waals surface area contributed by atoms with E-state index >= 15 is 0 Å². The second-order valence-electron chi connectivity index (χ2n) is 3.95. The van der Waals surface area contributed by atoms with Gasteiger partial charge < -0.3 is 5.73 Å². The summed E-state index contributed by atoms with van der Waals surface area (Å²) in [6.07, 6.45) is 1.57. The predicted molar refractivity (Wildman–Crippen MR) is 62.6 cm³/mol. The Hall–Kier alpha value is -1.91. The standard InChI is InChI=1S/C12H13F2N3/c1-7-3-8(4-11(14)9(7)5-13)10-6-16-17(2)12(10)15/h3-4,6H,5,15H2,1-2H3. The molecule has 1 heterocycles. The van der Waals surface area contributed by atoms with Crippen molar-refractivity contribution in [3.8, 4) is 11.1 Å². The molecule has 0 saturated carbocycles. The van der Waals surface area contributed by atoms with Crippen molar-refractivity contribution in [1.29, 1.82) is 0 Å². The topological polar surface area (TPSA) is 43.8 Å². The van der Waals surface area contributed by atoms with E-state index in [4.69, 9.17) is 5.73 Å². The van der Waals surface area contributed by atoms with Gasteiger partial charge in [0, 0.05) is 18.2 Å². The van der Waals surface area contributed by atoms with Crippen LogP contribution in [-0.2, 0) is 13.7 Å². The maximum Gasteiger partial charge on any atom is 0.129 e. The Kier molecular flexibility index (Phi) is 2.83. The molecule has 0 saturated heterocycles. The molecule has 0 bridgehead atoms. The van der Waals surface area contributed by atoms with Gasteiger partial charge in [-0.3, -0.25) is 4.68 Å². The molecule has 0 spiro atoms. The van der Waals surface area contributed by atoms with E-state index in [1.54, 1.807) is 26.2 Å². The summed E-state index contributed by atoms with van der Waals surface area (Å²) in [6.45, 7) is 0.870. The molecule has 1 aromatic heterocycles. The molecule has 0 radical (unpaired) electrons. The molecule has 0 aliphatic heterocycles. The van der Waals surface area contributed by atoms with Crippen LogP contribution in [0.2, 0.25) is 0 Å². The van der Waals surface area contributed by atoms with Crippen LogP contribution in [0.5, 0.6) is 0 Å². The number of alkyl halides is 1. The van der Waals surface area contributed by atoms with Gasteiger partial charge in [-0.05, 0) is 24.1 Å². The third-order valence-electron chi connectivity index (χ3n) is 2.85. The molecule has 0 atom stereocenters. The molecule has 90 valence electrons. The Morgan fingerprint density at radius 1 is 1.41 bits per heavy atom. The highest BCUT2D eigenvalue weighted by molar-refractivity contribution is 5.74. The predicted octanol–water partition coefficient (Wildman–Crippen LogP) is 2.59. The van der Waals surface area contributed by atoms with Gasteiger partial charge in [-0.25, -0.2) is 8.78 Å². The van der Waals surface area contributed by atoms with Gasteiger partial charge in [0.15, 0.2) is 0 Å². The molecule has 5 heteroatoms. The Balaban J connectivity index is 2.58. The van der Waals surface area contributed by atoms with Gasteiger partial charge >= 0.3 is 0 Å². The molecule has 0 fully saturated rings. The number of aryl methyl sites for hydroxylation is 2. The summed E-state index contributed by atoms with van der Waals surface area (Å²) in [5.74, 6) is -0.0949. The van der Waals surface area contributed by atoms with Crippen LogP contribution < -0.4 is 5.73 Å². The number of benzene rings is 1. The minimum atomic E-state index is -0.805. The lowest BCUT2D eigenvalue weighted by molar-refractivity contribution is 0.462. The Morgan fingerprint density at radius 2 is 2.12 bits per heavy atom. The number of aromatic nitrogens is 2. The third-order valence-corrected chi connectivity index (χ3v) is 2.85. The van der Waals surface area contributed by atoms with Crippen LogP contribution in [0.1, 0.15) is 11.1 Å². The van der Waals surface area contributed by atoms with Crippen molar-refractivity contribution in [2.24, 2.45) is 7.05 Å². The molecule has 0 unspecified atom stereocenters. The second-order valence-corrected chi connectivity index (χ2v) is 3.95. The Morgan fingerprint density at radius 3 is 2.59 bits per heavy atom. The first kappa shape index (κ1) is 11.6. The van der Waals surface area contributed by atoms with E-state index in [-0.39, 0.29) is 5.56 Å². The summed E-state index contributed by atoms with van der Waals surface area (Å²) in [4.78, 5) is 0. The molecule has 0 aliphatic rings. The maximum atomic E-state index is 13.6. The quantitative estimate of drug-likeness (QED) is 0.872. The van der Waals surface area contributed by atoms with Crippen molar-refractivity contribution >= 4 is 5.82 Å². The monoisotopic (exact) mass is 237 g/mol. The van der Waals surface area contributed by atoms with Crippen molar-refractivity contribution in [2.45, 2.75) is 13.6 Å². The average Bonchev–Trinajstić information content (AvgIpc) is 2.59. The SMILES string of the molecule is Cc1cc(-c2cnn(C)c2N)cc(F)c1CF. The first-order valence-corrected chi connectivity index (χ1v) is 5.17. The minimum Gasteiger partial charge on any atom is -0.383 e. The first-order valence-electron chi connectivity index (χ1n) is 5.17. The molecule has 17 heavy (non-hydrogen) atoms. The zero-order chi connectivity index (χ0) is 12.6. The number of rotatable bonds is 2. The van der Waals surface area contributed by atoms with Crippen LogP contribution >= 0.6 is 0 Å². The van der Waals surface area contributed by atoms with Crippen LogP contribution in [0.3, 0.4) is 0 Å². The lowest BCUT2D eigenvalue weighted by Crippen LogP contribution is -1.99. The number of anilines is 1. The van der Waals surface area contributed by atoms with Gasteiger partial charge in [-0.2, -0.15) is 5.10 Å². The summed E-state index contributed by atoms with van der Waals surface area (Å²) in [5, 5.41) is 3.99. The highest BCUT2D eigenvalue weighted by Crippen LogP contribution is 2.28. The van der Waals surface area contributed by atoms with Crippen molar-refractivity contribution in [3.05, 3.63) is 35.3 Å². The van der Waals surface area contributed by atoms with E-state index in [9.17, 15) is 8.78 Å². The maximum absolute atomic E-state index is 13.6. The van der Waals surface area contributed by atoms with Gasteiger partial charge in [0.25, 0.3) is 0 Å². The van der Waals surface area contributed by atoms with E-state index in [0.29, 0.717) is 22.5 Å². The molecule has 2 aromatic rings. The van der Waals surface area contributed by atoms with Gasteiger partial charge in [0.05, 0.1) is 6.20 Å². The highest BCUT2D eigenvalue weighted by atomic mass is 19.1. The largest absolute Gasteiger partial charge is 0.383 e. The van der Waals surface area contributed by atoms with Crippen LogP contribution in [0, 0.1) is 12.7 Å². The lowest BCUT2D eigenvalue weighted by Gasteiger charge is -2.07. The van der Waals surface area contributed by atoms with Crippen molar-refractivity contribution in [3.63, 3.8) is 0 Å². The van der Waals surface area contributed by atoms with Gasteiger partial charge in [0.1, 0.15) is 18.3 Å². The average molecular weight is 237 g/mol. The van der Waals surface area contributed by atoms with E-state index < -0.39 is 12.5 Å². The van der Waals surface area contributed by atoms with Crippen LogP contribution in [0.15, 0.2) is 18.3 Å². The molecule has 3 nitrogen and oxygen atoms in total. The summed E-state index contributed by atoms with van der Waals surface area (Å²) in [7, 11) is 1.71. The second kappa shape index (κ2) is 4.16. The van der Waals surface area contributed by atoms with Crippen LogP contribution in [-0.4, -0.2) is 9.78 Å². The number of hydrogen-bond acceptors (Lipinski definition) is 2. The summed E-state index contributed by atoms with van der Waals surface area (Å²) < 4.78 is 27.7. The number of nitrogens with zero attached hydrogens (tertiary/aromatic N) is 2. The van der Waals surface area contributed by atoms with Crippen molar-refractivity contribution in [2.75, 3.05) is 5.73 Å². The van der Waals surface area contributed by atoms with Gasteiger partial charge in [-0.15, -0.1) is 0 Å². The smallest absolute Gasteiger partial charge is 0.129 e. The van der Waals surface area contributed by atoms with E-state index in [1.807, 2.05) is 0 Å². The van der Waals surface area contributed by atoms with Gasteiger partial charge in [0.2, 0.25) is 0 Å². The fourth-order valence-electron chi connectivity index (χ4n) is 1.77. The van der Waals surface area contributed by atoms with E-state index in [0.717, 1.165) is 0 Å². The van der Waals surface area contributed by atoms with E-state index in [1.165, 1.54) is 10.7 Å². The third kappa shape index (κ3) is 1.88. The zero-order valence-electron chi connectivity index (χ0n) is 9.67. The zero-order valence-corrected chi connectivity index (χ0v) is 9.67. The van der Waals surface area contributed by atoms with Gasteiger partial charge in [-0.1, -0.05) is 6.07 Å². The molecular formula is C12H13F2N3. The van der Waals surface area contributed by atoms with E-state index in [2.05, 4.69) is 5.10 Å². The number of nitrogen functional groups attached to an aromatic ring is 1. The summed E-state index contributed by atoms with van der Waals surface area (Å²) >= 11 is 0. The molecule has 1 aromatic carbocycles. The lowest BCUT2D eigenvalue weighted by atomic mass is 10.0. The Bertz CT molecular complexity index is 538. The number of nitrogens with two attached hydrogens (primary N) is 1. The minimum absolute atomic E-state index is 0.0937. The summed E-state index contributed by atoms with van der Waals surface area (Å²) in [6, 6.07) is 3.00. The normalized spacial score (nSPS) is 10.8. The van der Waals surface area contributed by atoms with Crippen molar-refractivity contribution < 1.29 is 8.78 Å². The van der Waals surface area contributed by atoms with Crippen molar-refractivity contribution in [1.82, 2.24) is 9.78 Å². The molecule has 0 aliphatic carbocycles. The van der Waals surface area contributed by atoms with Crippen LogP contribution in [0.25, 0.3) is 11.1 Å². The van der Waals surface area contributed by atoms with Crippen LogP contribution in [0.4, 0.5) is 14.6 Å². The Labute approximate surface area is 97.9 Å². The fourth-order valence-corrected chi connectivity index (χ4v) is 1.77. The fraction of sp³-hybridized carbons (Fsp3) is 0.250. The summed E-state index contributed by atoms with van der Waals surface area (Å²) in [5.41, 5.74) is 7.74. The molecule has 2 rings (SSSR count). The highest BCUT2D eigenvalue weighted by Gasteiger charge is 2.12. The number of hydrogen-bond donors (Lipinski definition) is 1. The number of halogens is 2.